The maximum absolute atomic E-state index is 12.8. The van der Waals surface area contributed by atoms with Crippen LogP contribution in [0.15, 0.2) is 48.6 Å². The van der Waals surface area contributed by atoms with Gasteiger partial charge in [-0.15, -0.1) is 0 Å². The Balaban J connectivity index is 4.59. The highest BCUT2D eigenvalue weighted by Gasteiger charge is 2.27. The predicted molar refractivity (Wildman–Crippen MR) is 212 cm³/mol. The number of quaternary nitrogens is 1. The molecule has 0 aliphatic carbocycles. The van der Waals surface area contributed by atoms with Gasteiger partial charge in [-0.2, -0.15) is 0 Å². The molecule has 0 rings (SSSR count). The Morgan fingerprint density at radius 2 is 1.16 bits per heavy atom. The molecule has 9 heteroatoms. The fourth-order valence-electron chi connectivity index (χ4n) is 5.26. The Bertz CT molecular complexity index is 959. The number of carbonyl (C=O) groups is 1. The summed E-state index contributed by atoms with van der Waals surface area (Å²) in [6.45, 7) is 4.71. The molecule has 0 saturated heterocycles. The highest BCUT2D eigenvalue weighted by Crippen LogP contribution is 2.43. The Hall–Kier alpha value is -1.54. The third-order valence-corrected chi connectivity index (χ3v) is 9.51. The van der Waals surface area contributed by atoms with Gasteiger partial charge in [0.1, 0.15) is 13.2 Å². The second-order valence-electron chi connectivity index (χ2n) is 14.6. The van der Waals surface area contributed by atoms with Crippen molar-refractivity contribution in [2.45, 2.75) is 167 Å². The minimum Gasteiger partial charge on any atom is -0.387 e. The highest BCUT2D eigenvalue weighted by atomic mass is 31.2. The van der Waals surface area contributed by atoms with Crippen LogP contribution in [0.2, 0.25) is 0 Å². The molecular weight excluding hydrogens is 647 g/mol. The topological polar surface area (TPSA) is 105 Å². The molecule has 0 saturated carbocycles. The van der Waals surface area contributed by atoms with Gasteiger partial charge in [-0.3, -0.25) is 13.8 Å². The monoisotopic (exact) mass is 726 g/mol. The summed E-state index contributed by atoms with van der Waals surface area (Å²) in [5, 5.41) is 13.7. The number of phosphoric ester groups is 1. The van der Waals surface area contributed by atoms with E-state index in [9.17, 15) is 19.4 Å². The van der Waals surface area contributed by atoms with Gasteiger partial charge >= 0.3 is 7.82 Å². The lowest BCUT2D eigenvalue weighted by Crippen LogP contribution is -2.45. The molecule has 0 heterocycles. The molecule has 0 aliphatic rings. The number of allylic oxidation sites excluding steroid dienone is 7. The van der Waals surface area contributed by atoms with Gasteiger partial charge in [-0.05, 0) is 64.2 Å². The van der Waals surface area contributed by atoms with Crippen LogP contribution < -0.4 is 5.32 Å². The highest BCUT2D eigenvalue weighted by molar-refractivity contribution is 7.47. The lowest BCUT2D eigenvalue weighted by Gasteiger charge is -2.25. The second-order valence-corrected chi connectivity index (χ2v) is 16.1. The summed E-state index contributed by atoms with van der Waals surface area (Å²) in [5.41, 5.74) is 0. The zero-order valence-electron chi connectivity index (χ0n) is 32.9. The summed E-state index contributed by atoms with van der Waals surface area (Å²) in [7, 11) is 1.54. The first-order valence-corrected chi connectivity index (χ1v) is 21.5. The molecule has 0 bridgehead atoms. The van der Waals surface area contributed by atoms with Gasteiger partial charge in [-0.25, -0.2) is 4.57 Å². The van der Waals surface area contributed by atoms with E-state index in [1.807, 2.05) is 27.2 Å². The van der Waals surface area contributed by atoms with Crippen molar-refractivity contribution in [1.82, 2.24) is 5.32 Å². The van der Waals surface area contributed by atoms with Crippen LogP contribution in [0.5, 0.6) is 0 Å². The first-order valence-electron chi connectivity index (χ1n) is 20.0. The molecule has 3 N–H and O–H groups in total. The molecule has 1 unspecified atom stereocenters. The number of likely N-dealkylation sites (N-methyl/N-ethyl adjacent to an activating group) is 1. The molecule has 0 fully saturated rings. The summed E-state index contributed by atoms with van der Waals surface area (Å²) in [5.74, 6) is -0.205. The summed E-state index contributed by atoms with van der Waals surface area (Å²) in [6, 6.07) is -0.868. The molecule has 1 amide bonds. The van der Waals surface area contributed by atoms with Crippen LogP contribution in [0.4, 0.5) is 0 Å². The zero-order chi connectivity index (χ0) is 37.2. The van der Waals surface area contributed by atoms with Crippen LogP contribution >= 0.6 is 7.82 Å². The third kappa shape index (κ3) is 34.9. The van der Waals surface area contributed by atoms with Crippen molar-refractivity contribution >= 4 is 13.7 Å². The van der Waals surface area contributed by atoms with Gasteiger partial charge in [0.25, 0.3) is 0 Å². The zero-order valence-corrected chi connectivity index (χ0v) is 33.8. The molecular formula is C41H78N2O6P+. The van der Waals surface area contributed by atoms with E-state index in [1.165, 1.54) is 70.6 Å². The smallest absolute Gasteiger partial charge is 0.387 e. The largest absolute Gasteiger partial charge is 0.472 e. The van der Waals surface area contributed by atoms with Crippen LogP contribution in [0.25, 0.3) is 0 Å². The van der Waals surface area contributed by atoms with Gasteiger partial charge in [0.15, 0.2) is 0 Å². The quantitative estimate of drug-likeness (QED) is 0.0260. The van der Waals surface area contributed by atoms with Crippen LogP contribution in [0.1, 0.15) is 155 Å². The van der Waals surface area contributed by atoms with Crippen molar-refractivity contribution in [1.29, 1.82) is 0 Å². The third-order valence-electron chi connectivity index (χ3n) is 8.52. The van der Waals surface area contributed by atoms with Crippen LogP contribution in [0, 0.1) is 0 Å². The minimum absolute atomic E-state index is 0.0516. The number of unbranched alkanes of at least 4 members (excludes halogenated alkanes) is 16. The summed E-state index contributed by atoms with van der Waals surface area (Å²) in [6.07, 6.45) is 40.3. The van der Waals surface area contributed by atoms with E-state index in [2.05, 4.69) is 55.6 Å². The average molecular weight is 726 g/mol. The Labute approximate surface area is 308 Å². The maximum atomic E-state index is 12.8. The van der Waals surface area contributed by atoms with E-state index in [1.54, 1.807) is 6.08 Å². The predicted octanol–water partition coefficient (Wildman–Crippen LogP) is 10.5. The van der Waals surface area contributed by atoms with E-state index in [0.29, 0.717) is 17.4 Å². The number of amides is 1. The first kappa shape index (κ1) is 48.5. The number of hydrogen-bond acceptors (Lipinski definition) is 5. The molecule has 3 atom stereocenters. The molecule has 8 nitrogen and oxygen atoms in total. The number of nitrogens with one attached hydrogen (secondary N) is 1. The molecule has 292 valence electrons. The molecule has 0 aromatic heterocycles. The number of nitrogens with zero attached hydrogens (tertiary/aromatic N) is 1. The van der Waals surface area contributed by atoms with Crippen molar-refractivity contribution in [2.24, 2.45) is 0 Å². The number of rotatable bonds is 35. The number of aliphatic hydroxyl groups is 1. The van der Waals surface area contributed by atoms with E-state index in [4.69, 9.17) is 9.05 Å². The average Bonchev–Trinajstić information content (AvgIpc) is 3.06. The molecule has 0 aromatic rings. The van der Waals surface area contributed by atoms with E-state index in [-0.39, 0.29) is 19.1 Å². The van der Waals surface area contributed by atoms with E-state index in [0.717, 1.165) is 64.2 Å². The van der Waals surface area contributed by atoms with Crippen LogP contribution in [-0.4, -0.2) is 73.4 Å². The van der Waals surface area contributed by atoms with E-state index >= 15 is 0 Å². The Morgan fingerprint density at radius 1 is 0.680 bits per heavy atom. The van der Waals surface area contributed by atoms with Gasteiger partial charge in [-0.1, -0.05) is 133 Å². The standard InChI is InChI=1S/C41H77N2O6P/c1-6-8-10-12-14-16-18-20-21-23-25-27-29-31-33-35-41(45)42-39(38-49-50(46,47)48-37-36-43(3,4)5)40(44)34-32-30-28-26-24-22-19-17-15-13-11-9-7-2/h14,16,20-21,24,26,32,34,39-40,44H,6-13,15,17-19,22-23,25,27-31,33,35-38H2,1-5H3,(H-,42,45,46,47)/p+1/b16-14+,21-20+,26-24+,34-32+/t39-,40+/m0/s1. The van der Waals surface area contributed by atoms with Crippen molar-refractivity contribution in [2.75, 3.05) is 40.9 Å². The maximum Gasteiger partial charge on any atom is 0.472 e. The van der Waals surface area contributed by atoms with Crippen molar-refractivity contribution in [3.63, 3.8) is 0 Å². The van der Waals surface area contributed by atoms with Gasteiger partial charge in [0.2, 0.25) is 5.91 Å². The fraction of sp³-hybridized carbons (Fsp3) is 0.780. The molecule has 0 aliphatic heterocycles. The van der Waals surface area contributed by atoms with Gasteiger partial charge in [0, 0.05) is 6.42 Å². The Morgan fingerprint density at radius 3 is 1.76 bits per heavy atom. The fourth-order valence-corrected chi connectivity index (χ4v) is 6.00. The van der Waals surface area contributed by atoms with E-state index < -0.39 is 20.0 Å². The van der Waals surface area contributed by atoms with Crippen LogP contribution in [-0.2, 0) is 18.4 Å². The summed E-state index contributed by atoms with van der Waals surface area (Å²) >= 11 is 0. The number of phosphoric acid groups is 1. The number of hydrogen-bond donors (Lipinski definition) is 3. The number of aliphatic hydroxyl groups excluding tert-OH is 1. The first-order chi connectivity index (χ1) is 24.0. The van der Waals surface area contributed by atoms with Gasteiger partial charge in [0.05, 0.1) is 39.9 Å². The van der Waals surface area contributed by atoms with Crippen LogP contribution in [0.3, 0.4) is 0 Å². The molecule has 0 aromatic carbocycles. The molecule has 0 radical (unpaired) electrons. The lowest BCUT2D eigenvalue weighted by atomic mass is 10.1. The molecule has 50 heavy (non-hydrogen) atoms. The van der Waals surface area contributed by atoms with Crippen molar-refractivity contribution < 1.29 is 32.9 Å². The minimum atomic E-state index is -4.34. The normalized spacial score (nSPS) is 15.1. The second kappa shape index (κ2) is 33.3. The van der Waals surface area contributed by atoms with Crippen molar-refractivity contribution in [3.05, 3.63) is 48.6 Å². The molecule has 0 spiro atoms. The van der Waals surface area contributed by atoms with Crippen molar-refractivity contribution in [3.8, 4) is 0 Å². The summed E-state index contributed by atoms with van der Waals surface area (Å²) < 4.78 is 23.4. The number of carbonyl (C=O) groups excluding carboxylic acids is 1. The Kier molecular flexibility index (Phi) is 32.3. The summed E-state index contributed by atoms with van der Waals surface area (Å²) in [4.78, 5) is 23.0. The SMILES string of the molecule is CCCCC/C=C/C/C=C/CCCCCCCC(=O)N[C@@H](COP(=O)(O)OCC[N+](C)(C)C)[C@H](O)/C=C/CC/C=C/CCCCCCCCC. The lowest BCUT2D eigenvalue weighted by molar-refractivity contribution is -0.870. The van der Waals surface area contributed by atoms with Gasteiger partial charge < -0.3 is 19.8 Å².